The van der Waals surface area contributed by atoms with E-state index >= 15 is 0 Å². The molecule has 3 aromatic rings. The summed E-state index contributed by atoms with van der Waals surface area (Å²) in [6.45, 7) is 7.46. The third kappa shape index (κ3) is 7.39. The van der Waals surface area contributed by atoms with Crippen molar-refractivity contribution in [3.8, 4) is 11.1 Å². The molecule has 0 fully saturated rings. The van der Waals surface area contributed by atoms with Crippen molar-refractivity contribution in [2.24, 2.45) is 11.8 Å². The molecule has 38 heavy (non-hydrogen) atoms. The molecule has 3 atom stereocenters. The van der Waals surface area contributed by atoms with Crippen molar-refractivity contribution in [1.82, 2.24) is 10.6 Å². The van der Waals surface area contributed by atoms with E-state index in [2.05, 4.69) is 10.6 Å². The molecular formula is C29H36N2O6S. The summed E-state index contributed by atoms with van der Waals surface area (Å²) < 4.78 is 25.1. The van der Waals surface area contributed by atoms with E-state index in [1.54, 1.807) is 30.3 Å². The van der Waals surface area contributed by atoms with Gasteiger partial charge >= 0.3 is 0 Å². The molecule has 0 bridgehead atoms. The van der Waals surface area contributed by atoms with Crippen LogP contribution in [0.25, 0.3) is 11.1 Å². The normalized spacial score (nSPS) is 14.4. The van der Waals surface area contributed by atoms with Crippen molar-refractivity contribution >= 4 is 21.7 Å². The number of carbonyl (C=O) groups excluding carboxylic acids is 2. The highest BCUT2D eigenvalue weighted by molar-refractivity contribution is 7.91. The van der Waals surface area contributed by atoms with Crippen LogP contribution >= 0.6 is 0 Å². The van der Waals surface area contributed by atoms with Gasteiger partial charge < -0.3 is 15.7 Å². The van der Waals surface area contributed by atoms with E-state index in [0.717, 1.165) is 5.56 Å². The summed E-state index contributed by atoms with van der Waals surface area (Å²) in [5.74, 6) is -1.59. The van der Waals surface area contributed by atoms with Gasteiger partial charge in [0.15, 0.2) is 15.3 Å². The SMILES string of the molecule is CC(C)C[C@H](NC(=O)CCS(=O)(=O)c1ccccc1)C(=O)N[C@@H](C(C)C)[C@@H](O)c1c(-c2ccccc2)c1=O. The second-order valence-electron chi connectivity index (χ2n) is 10.3. The largest absolute Gasteiger partial charge is 0.386 e. The molecule has 0 aliphatic rings. The summed E-state index contributed by atoms with van der Waals surface area (Å²) in [5.41, 5.74) is 1.24. The summed E-state index contributed by atoms with van der Waals surface area (Å²) in [6, 6.07) is 15.3. The van der Waals surface area contributed by atoms with Gasteiger partial charge in [0.25, 0.3) is 0 Å². The second kappa shape index (κ2) is 12.5. The Bertz CT molecular complexity index is 1340. The fourth-order valence-corrected chi connectivity index (χ4v) is 5.62. The third-order valence-corrected chi connectivity index (χ3v) is 8.20. The monoisotopic (exact) mass is 540 g/mol. The minimum absolute atomic E-state index is 0.0546. The van der Waals surface area contributed by atoms with Gasteiger partial charge in [-0.2, -0.15) is 0 Å². The van der Waals surface area contributed by atoms with Gasteiger partial charge in [0.05, 0.1) is 16.7 Å². The molecule has 0 radical (unpaired) electrons. The minimum atomic E-state index is -3.64. The van der Waals surface area contributed by atoms with Gasteiger partial charge in [-0.25, -0.2) is 8.42 Å². The number of amides is 2. The van der Waals surface area contributed by atoms with Crippen LogP contribution in [-0.4, -0.2) is 43.2 Å². The Kier molecular flexibility index (Phi) is 9.62. The molecule has 8 nitrogen and oxygen atoms in total. The fraction of sp³-hybridized carbons (Fsp3) is 0.414. The lowest BCUT2D eigenvalue weighted by Crippen LogP contribution is -2.52. The molecule has 3 aromatic carbocycles. The number of sulfone groups is 1. The molecule has 0 aromatic heterocycles. The molecule has 0 aliphatic heterocycles. The van der Waals surface area contributed by atoms with Crippen molar-refractivity contribution in [2.45, 2.75) is 63.6 Å². The van der Waals surface area contributed by atoms with Crippen molar-refractivity contribution in [3.63, 3.8) is 0 Å². The molecule has 9 heteroatoms. The van der Waals surface area contributed by atoms with Gasteiger partial charge in [-0.15, -0.1) is 0 Å². The zero-order valence-corrected chi connectivity index (χ0v) is 23.0. The zero-order chi connectivity index (χ0) is 28.0. The highest BCUT2D eigenvalue weighted by Gasteiger charge is 2.37. The number of hydrogen-bond acceptors (Lipinski definition) is 6. The number of carbonyl (C=O) groups is 2. The van der Waals surface area contributed by atoms with Gasteiger partial charge in [0, 0.05) is 17.5 Å². The zero-order valence-electron chi connectivity index (χ0n) is 22.2. The lowest BCUT2D eigenvalue weighted by molar-refractivity contribution is -0.130. The third-order valence-electron chi connectivity index (χ3n) is 6.46. The van der Waals surface area contributed by atoms with Crippen LogP contribution < -0.4 is 16.1 Å². The molecular weight excluding hydrogens is 504 g/mol. The maximum Gasteiger partial charge on any atom is 0.242 e. The lowest BCUT2D eigenvalue weighted by Gasteiger charge is -2.29. The topological polar surface area (TPSA) is 130 Å². The smallest absolute Gasteiger partial charge is 0.242 e. The molecule has 0 aliphatic carbocycles. The Morgan fingerprint density at radius 3 is 2.03 bits per heavy atom. The molecule has 0 saturated heterocycles. The predicted molar refractivity (Wildman–Crippen MR) is 147 cm³/mol. The van der Waals surface area contributed by atoms with Gasteiger partial charge in [0.1, 0.15) is 12.1 Å². The molecule has 0 unspecified atom stereocenters. The first-order valence-electron chi connectivity index (χ1n) is 12.8. The number of nitrogens with one attached hydrogen (secondary N) is 2. The van der Waals surface area contributed by atoms with E-state index in [-0.39, 0.29) is 39.9 Å². The van der Waals surface area contributed by atoms with Crippen LogP contribution in [0.15, 0.2) is 70.4 Å². The van der Waals surface area contributed by atoms with Crippen LogP contribution in [-0.2, 0) is 19.4 Å². The number of benzene rings is 2. The Morgan fingerprint density at radius 1 is 0.895 bits per heavy atom. The van der Waals surface area contributed by atoms with Gasteiger partial charge in [-0.05, 0) is 36.0 Å². The summed E-state index contributed by atoms with van der Waals surface area (Å²) in [7, 11) is -3.64. The quantitative estimate of drug-likeness (QED) is 0.305. The van der Waals surface area contributed by atoms with Crippen LogP contribution in [0.1, 0.15) is 52.2 Å². The van der Waals surface area contributed by atoms with Crippen molar-refractivity contribution in [3.05, 3.63) is 76.5 Å². The molecule has 0 saturated carbocycles. The molecule has 0 heterocycles. The van der Waals surface area contributed by atoms with Crippen LogP contribution in [0.4, 0.5) is 0 Å². The van der Waals surface area contributed by atoms with Gasteiger partial charge in [0.2, 0.25) is 11.8 Å². The number of aliphatic hydroxyl groups is 1. The van der Waals surface area contributed by atoms with E-state index in [0.29, 0.717) is 12.0 Å². The summed E-state index contributed by atoms with van der Waals surface area (Å²) in [6.07, 6.45) is -1.18. The standard InChI is InChI=1S/C29H36N2O6S/c1-18(2)17-22(30-23(32)15-16-38(36,37)21-13-9-6-10-14-21)29(35)31-26(19(3)4)28(34)25-24(27(25)33)20-11-7-5-8-12-20/h5-14,18-19,22,26,28,34H,15-17H2,1-4H3,(H,30,32)(H,31,35)/t22-,26-,28-/m0/s1. The summed E-state index contributed by atoms with van der Waals surface area (Å²) >= 11 is 0. The van der Waals surface area contributed by atoms with Crippen LogP contribution in [0.2, 0.25) is 0 Å². The van der Waals surface area contributed by atoms with Crippen LogP contribution in [0, 0.1) is 11.8 Å². The first-order chi connectivity index (χ1) is 17.9. The predicted octanol–water partition coefficient (Wildman–Crippen LogP) is 3.16. The summed E-state index contributed by atoms with van der Waals surface area (Å²) in [5, 5.41) is 16.5. The molecule has 204 valence electrons. The first kappa shape index (κ1) is 29.3. The molecule has 3 rings (SSSR count). The molecule has 0 spiro atoms. The number of hydrogen-bond donors (Lipinski definition) is 3. The maximum atomic E-state index is 13.3. The second-order valence-corrected chi connectivity index (χ2v) is 12.4. The molecule has 3 N–H and O–H groups in total. The summed E-state index contributed by atoms with van der Waals surface area (Å²) in [4.78, 5) is 38.6. The Hall–Kier alpha value is -3.30. The van der Waals surface area contributed by atoms with Gasteiger partial charge in [-0.3, -0.25) is 14.4 Å². The van der Waals surface area contributed by atoms with Gasteiger partial charge in [-0.1, -0.05) is 76.2 Å². The van der Waals surface area contributed by atoms with E-state index in [1.165, 1.54) is 12.1 Å². The average Bonchev–Trinajstić information content (AvgIpc) is 3.56. The van der Waals surface area contributed by atoms with E-state index in [9.17, 15) is 27.9 Å². The number of rotatable bonds is 13. The Balaban J connectivity index is 1.68. The highest BCUT2D eigenvalue weighted by atomic mass is 32.2. The number of aliphatic hydroxyl groups excluding tert-OH is 1. The van der Waals surface area contributed by atoms with Crippen LogP contribution in [0.5, 0.6) is 0 Å². The van der Waals surface area contributed by atoms with Crippen molar-refractivity contribution in [1.29, 1.82) is 0 Å². The van der Waals surface area contributed by atoms with Crippen molar-refractivity contribution in [2.75, 3.05) is 5.75 Å². The highest BCUT2D eigenvalue weighted by Crippen LogP contribution is 2.33. The average molecular weight is 541 g/mol. The Labute approximate surface area is 224 Å². The maximum absolute atomic E-state index is 13.3. The first-order valence-corrected chi connectivity index (χ1v) is 14.5. The van der Waals surface area contributed by atoms with E-state index < -0.39 is 39.8 Å². The molecule has 2 amide bonds. The minimum Gasteiger partial charge on any atom is -0.386 e. The Morgan fingerprint density at radius 2 is 1.47 bits per heavy atom. The van der Waals surface area contributed by atoms with Crippen molar-refractivity contribution < 1.29 is 23.1 Å². The van der Waals surface area contributed by atoms with E-state index in [4.69, 9.17) is 0 Å². The fourth-order valence-electron chi connectivity index (χ4n) is 4.35. The van der Waals surface area contributed by atoms with Crippen LogP contribution in [0.3, 0.4) is 0 Å². The van der Waals surface area contributed by atoms with E-state index in [1.807, 2.05) is 45.9 Å². The lowest BCUT2D eigenvalue weighted by atomic mass is 9.95.